The Morgan fingerprint density at radius 2 is 0.588 bits per heavy atom. The van der Waals surface area contributed by atoms with Crippen LogP contribution in [0.5, 0.6) is 0 Å². The van der Waals surface area contributed by atoms with Crippen LogP contribution in [0.25, 0.3) is 0 Å². The van der Waals surface area contributed by atoms with Crippen molar-refractivity contribution in [2.45, 2.75) is 303 Å². The Morgan fingerprint density at radius 1 is 0.294 bits per heavy atom. The van der Waals surface area contributed by atoms with Gasteiger partial charge in [-0.2, -0.15) is 0 Å². The second-order valence-corrected chi connectivity index (χ2v) is 28.1. The van der Waals surface area contributed by atoms with Crippen molar-refractivity contribution in [3.8, 4) is 0 Å². The summed E-state index contributed by atoms with van der Waals surface area (Å²) in [5.74, 6) is -2.44. The lowest BCUT2D eigenvalue weighted by Gasteiger charge is -2.21. The summed E-state index contributed by atoms with van der Waals surface area (Å²) < 4.78 is 68.3. The number of carbonyl (C=O) groups excluding carboxylic acids is 4. The molecule has 102 heavy (non-hydrogen) atoms. The highest BCUT2D eigenvalue weighted by Gasteiger charge is 2.30. The minimum Gasteiger partial charge on any atom is -0.462 e. The fourth-order valence-electron chi connectivity index (χ4n) is 9.71. The Kier molecular flexibility index (Phi) is 70.1. The first-order valence-electron chi connectivity index (χ1n) is 38.7. The molecule has 0 saturated carbocycles. The average molecular weight is 1470 g/mol. The number of ether oxygens (including phenoxy) is 4. The van der Waals surface area contributed by atoms with Gasteiger partial charge in [0.05, 0.1) is 32.8 Å². The van der Waals surface area contributed by atoms with Gasteiger partial charge in [0, 0.05) is 19.3 Å². The molecule has 0 rings (SSSR count). The van der Waals surface area contributed by atoms with Crippen LogP contribution in [0, 0.1) is 0 Å². The molecule has 0 aliphatic heterocycles. The summed E-state index contributed by atoms with van der Waals surface area (Å²) in [5, 5.41) is 10.6. The number of hydrogen-bond donors (Lipinski definition) is 3. The van der Waals surface area contributed by atoms with Crippen molar-refractivity contribution in [2.24, 2.45) is 0 Å². The first-order chi connectivity index (χ1) is 49.7. The summed E-state index contributed by atoms with van der Waals surface area (Å²) in [6, 6.07) is 0. The van der Waals surface area contributed by atoms with Gasteiger partial charge in [-0.3, -0.25) is 37.3 Å². The number of phosphoric ester groups is 2. The van der Waals surface area contributed by atoms with Crippen molar-refractivity contribution >= 4 is 39.5 Å². The zero-order valence-electron chi connectivity index (χ0n) is 63.2. The first-order valence-corrected chi connectivity index (χ1v) is 41.7. The van der Waals surface area contributed by atoms with E-state index in [0.717, 1.165) is 135 Å². The molecule has 0 amide bonds. The number of carbonyl (C=O) groups is 4. The van der Waals surface area contributed by atoms with E-state index in [1.807, 2.05) is 36.5 Å². The van der Waals surface area contributed by atoms with E-state index in [0.29, 0.717) is 32.1 Å². The van der Waals surface area contributed by atoms with Gasteiger partial charge in [-0.1, -0.05) is 301 Å². The van der Waals surface area contributed by atoms with Crippen molar-refractivity contribution in [2.75, 3.05) is 39.6 Å². The fourth-order valence-corrected chi connectivity index (χ4v) is 11.3. The molecule has 5 atom stereocenters. The monoisotopic (exact) mass is 1470 g/mol. The SMILES string of the molecule is CC/C=C\C/C=C\C/C=C\C/C=C\C/C=C\C/C=C\CCC(=O)OCC(COP(=O)(O)OCC(O)COP(=O)(O)OCC(COC(=O)C/C=C\C/C=C\C/C=C\C/C=C\C/C=C\CC)OC(=O)CCCCCCC/C=C\C/C=C\CCC)OC(=O)CCCCCCCCCCCCCCCCC. The van der Waals surface area contributed by atoms with Crippen molar-refractivity contribution in [1.82, 2.24) is 0 Å². The normalized spacial score (nSPS) is 14.8. The van der Waals surface area contributed by atoms with Crippen LogP contribution in [0.3, 0.4) is 0 Å². The maximum atomic E-state index is 13.1. The van der Waals surface area contributed by atoms with Gasteiger partial charge in [0.2, 0.25) is 0 Å². The van der Waals surface area contributed by atoms with Gasteiger partial charge in [0.25, 0.3) is 0 Å². The minimum atomic E-state index is -5.01. The molecular formula is C83H136O17P2. The van der Waals surface area contributed by atoms with E-state index in [9.17, 15) is 43.2 Å². The smallest absolute Gasteiger partial charge is 0.462 e. The topological polar surface area (TPSA) is 237 Å². The van der Waals surface area contributed by atoms with E-state index in [-0.39, 0.29) is 25.7 Å². The molecule has 580 valence electrons. The maximum Gasteiger partial charge on any atom is 0.472 e. The molecule has 0 aromatic heterocycles. The highest BCUT2D eigenvalue weighted by Crippen LogP contribution is 2.45. The summed E-state index contributed by atoms with van der Waals surface area (Å²) in [6.07, 6.45) is 85.7. The predicted octanol–water partition coefficient (Wildman–Crippen LogP) is 22.4. The minimum absolute atomic E-state index is 0.0315. The fraction of sp³-hybridized carbons (Fsp3) is 0.639. The molecule has 0 aliphatic rings. The third kappa shape index (κ3) is 73.0. The Bertz CT molecular complexity index is 2550. The molecule has 0 aromatic carbocycles. The highest BCUT2D eigenvalue weighted by molar-refractivity contribution is 7.47. The van der Waals surface area contributed by atoms with E-state index in [1.165, 1.54) is 64.2 Å². The van der Waals surface area contributed by atoms with Crippen LogP contribution in [0.4, 0.5) is 0 Å². The zero-order chi connectivity index (χ0) is 74.6. The third-order valence-corrected chi connectivity index (χ3v) is 17.4. The summed E-state index contributed by atoms with van der Waals surface area (Å²) in [7, 11) is -10.0. The Balaban J connectivity index is 5.49. The lowest BCUT2D eigenvalue weighted by Crippen LogP contribution is -2.30. The number of aliphatic hydroxyl groups excluding tert-OH is 1. The van der Waals surface area contributed by atoms with Gasteiger partial charge in [-0.05, 0) is 116 Å². The van der Waals surface area contributed by atoms with E-state index in [1.54, 1.807) is 6.08 Å². The molecule has 0 aliphatic carbocycles. The van der Waals surface area contributed by atoms with Gasteiger partial charge in [-0.15, -0.1) is 0 Å². The van der Waals surface area contributed by atoms with E-state index < -0.39 is 97.5 Å². The van der Waals surface area contributed by atoms with Crippen LogP contribution in [-0.2, 0) is 65.4 Å². The van der Waals surface area contributed by atoms with Crippen LogP contribution in [0.2, 0.25) is 0 Å². The molecule has 0 bridgehead atoms. The Hall–Kier alpha value is -5.32. The maximum absolute atomic E-state index is 13.1. The number of phosphoric acid groups is 2. The summed E-state index contributed by atoms with van der Waals surface area (Å²) in [6.45, 7) is 4.36. The van der Waals surface area contributed by atoms with Gasteiger partial charge in [0.15, 0.2) is 12.2 Å². The van der Waals surface area contributed by atoms with Crippen molar-refractivity contribution in [3.63, 3.8) is 0 Å². The van der Waals surface area contributed by atoms with Gasteiger partial charge < -0.3 is 33.8 Å². The summed E-state index contributed by atoms with van der Waals surface area (Å²) >= 11 is 0. The lowest BCUT2D eigenvalue weighted by atomic mass is 10.0. The van der Waals surface area contributed by atoms with Crippen molar-refractivity contribution < 1.29 is 80.2 Å². The van der Waals surface area contributed by atoms with Crippen LogP contribution in [0.1, 0.15) is 285 Å². The Labute approximate surface area is 617 Å². The molecule has 17 nitrogen and oxygen atoms in total. The quantitative estimate of drug-likeness (QED) is 0.0169. The number of rotatable bonds is 71. The molecule has 19 heteroatoms. The van der Waals surface area contributed by atoms with E-state index >= 15 is 0 Å². The molecule has 0 spiro atoms. The van der Waals surface area contributed by atoms with Gasteiger partial charge in [-0.25, -0.2) is 9.13 Å². The number of unbranched alkanes of at least 4 members (excludes halogenated alkanes) is 20. The van der Waals surface area contributed by atoms with Crippen LogP contribution in [-0.4, -0.2) is 96.7 Å². The van der Waals surface area contributed by atoms with Crippen LogP contribution < -0.4 is 0 Å². The molecule has 0 radical (unpaired) electrons. The molecule has 0 aromatic rings. The summed E-state index contributed by atoms with van der Waals surface area (Å²) in [4.78, 5) is 72.8. The molecule has 5 unspecified atom stereocenters. The van der Waals surface area contributed by atoms with E-state index in [2.05, 4.69) is 143 Å². The molecular weight excluding hydrogens is 1330 g/mol. The Morgan fingerprint density at radius 3 is 0.951 bits per heavy atom. The molecule has 0 saturated heterocycles. The van der Waals surface area contributed by atoms with Crippen molar-refractivity contribution in [1.29, 1.82) is 0 Å². The molecule has 0 fully saturated rings. The number of aliphatic hydroxyl groups is 1. The number of allylic oxidation sites excluding steroid dienone is 25. The molecule has 0 heterocycles. The van der Waals surface area contributed by atoms with Gasteiger partial charge >= 0.3 is 39.5 Å². The molecule has 3 N–H and O–H groups in total. The average Bonchev–Trinajstić information content (AvgIpc) is 0.924. The van der Waals surface area contributed by atoms with E-state index in [4.69, 9.17) is 37.0 Å². The van der Waals surface area contributed by atoms with Gasteiger partial charge in [0.1, 0.15) is 19.3 Å². The first kappa shape index (κ1) is 96.7. The summed E-state index contributed by atoms with van der Waals surface area (Å²) in [5.41, 5.74) is 0. The van der Waals surface area contributed by atoms with Crippen molar-refractivity contribution in [3.05, 3.63) is 158 Å². The van der Waals surface area contributed by atoms with Crippen LogP contribution >= 0.6 is 15.6 Å². The second kappa shape index (κ2) is 74.0. The second-order valence-electron chi connectivity index (χ2n) is 25.2. The largest absolute Gasteiger partial charge is 0.472 e. The number of hydrogen-bond acceptors (Lipinski definition) is 15. The lowest BCUT2D eigenvalue weighted by molar-refractivity contribution is -0.161. The highest BCUT2D eigenvalue weighted by atomic mass is 31.2. The zero-order valence-corrected chi connectivity index (χ0v) is 65.0. The predicted molar refractivity (Wildman–Crippen MR) is 417 cm³/mol. The van der Waals surface area contributed by atoms with Crippen LogP contribution in [0.15, 0.2) is 158 Å². The number of esters is 4. The third-order valence-electron chi connectivity index (χ3n) is 15.5. The standard InChI is InChI=1S/C83H136O17P2/c1-5-9-13-17-21-25-29-33-36-37-38-39-42-45-48-52-56-60-64-68-81(86)94-74-79(100-83(88)70-66-62-58-54-50-46-41-35-31-27-23-19-15-11-7-3)76-98-102(91,92)96-72-77(84)71-95-101(89,90)97-75-78(99-82(87)69-65-61-57-53-49-43-32-28-24-20-16-12-8-4)73-93-80(85)67-63-59-55-51-47-44-40-34-30-26-22-18-14-10-6-2/h9-10,13-14,16,20-22,25-26,28,32-34,36,38-40,45,47-48,51,56,59-60,63,77-79,84H,5-8,11-12,15,17-19,23-24,27,29-31,35,37,41-44,46,49-50,52-55,57-58,61-62,64-76H2,1-4H3,(H,89,90)(H,91,92)/b13-9-,14-10-,20-16-,25-21-,26-22-,32-28-,36-33-,39-38-,40-34-,48-45-,51-47-,60-56-,63-59-.